The van der Waals surface area contributed by atoms with E-state index >= 15 is 0 Å². The predicted octanol–water partition coefficient (Wildman–Crippen LogP) is 2.36. The summed E-state index contributed by atoms with van der Waals surface area (Å²) < 4.78 is 5.45. The number of hydrogen-bond acceptors (Lipinski definition) is 6. The van der Waals surface area contributed by atoms with E-state index in [1.165, 1.54) is 17.5 Å². The molecule has 136 valence electrons. The van der Waals surface area contributed by atoms with Crippen LogP contribution in [-0.2, 0) is 0 Å². The number of thiazole rings is 1. The van der Waals surface area contributed by atoms with Crippen molar-refractivity contribution in [3.05, 3.63) is 23.2 Å². The quantitative estimate of drug-likeness (QED) is 0.443. The number of amides is 1. The third kappa shape index (κ3) is 9.00. The Balaban J connectivity index is 2.32. The Morgan fingerprint density at radius 1 is 1.46 bits per heavy atom. The monoisotopic (exact) mass is 355 g/mol. The van der Waals surface area contributed by atoms with Crippen molar-refractivity contribution >= 4 is 17.2 Å². The summed E-state index contributed by atoms with van der Waals surface area (Å²) in [7, 11) is 0. The van der Waals surface area contributed by atoms with E-state index < -0.39 is 6.10 Å². The molecule has 0 aliphatic carbocycles. The second-order valence-corrected chi connectivity index (χ2v) is 7.50. The minimum Gasteiger partial charge on any atom is -0.467 e. The molecule has 1 rings (SSSR count). The van der Waals surface area contributed by atoms with E-state index in [-0.39, 0.29) is 18.1 Å². The summed E-state index contributed by atoms with van der Waals surface area (Å²) in [4.78, 5) is 16.5. The molecule has 3 N–H and O–H groups in total. The fourth-order valence-corrected chi connectivity index (χ4v) is 2.41. The first-order chi connectivity index (χ1) is 11.3. The average Bonchev–Trinajstić information content (AvgIpc) is 2.99. The number of hydrogen-bond donors (Lipinski definition) is 3. The number of rotatable bonds is 10. The van der Waals surface area contributed by atoms with Crippen LogP contribution in [0.15, 0.2) is 18.3 Å². The van der Waals surface area contributed by atoms with Gasteiger partial charge in [-0.05, 0) is 33.6 Å². The van der Waals surface area contributed by atoms with E-state index in [2.05, 4.69) is 34.7 Å². The van der Waals surface area contributed by atoms with Crippen LogP contribution in [0.1, 0.15) is 50.2 Å². The van der Waals surface area contributed by atoms with Crippen LogP contribution >= 0.6 is 11.3 Å². The Kier molecular flexibility index (Phi) is 8.95. The van der Waals surface area contributed by atoms with Gasteiger partial charge in [0.2, 0.25) is 0 Å². The molecule has 0 bridgehead atoms. The molecular weight excluding hydrogens is 326 g/mol. The van der Waals surface area contributed by atoms with Crippen LogP contribution in [0.4, 0.5) is 0 Å². The molecular formula is C17H29N3O3S. The summed E-state index contributed by atoms with van der Waals surface area (Å²) in [6.07, 6.45) is 6.81. The van der Waals surface area contributed by atoms with E-state index in [9.17, 15) is 9.90 Å². The van der Waals surface area contributed by atoms with Crippen molar-refractivity contribution in [3.63, 3.8) is 0 Å². The maximum Gasteiger partial charge on any atom is 0.273 e. The summed E-state index contributed by atoms with van der Waals surface area (Å²) in [6.45, 7) is 9.34. The molecule has 0 saturated heterocycles. The van der Waals surface area contributed by atoms with E-state index in [1.807, 2.05) is 20.8 Å². The van der Waals surface area contributed by atoms with Gasteiger partial charge in [0, 0.05) is 18.6 Å². The number of ether oxygens (including phenoxy) is 1. The van der Waals surface area contributed by atoms with Gasteiger partial charge in [-0.1, -0.05) is 30.4 Å². The molecule has 1 unspecified atom stereocenters. The Bertz CT molecular complexity index is 523. The highest BCUT2D eigenvalue weighted by Gasteiger charge is 2.14. The Hall–Kier alpha value is -1.44. The molecule has 24 heavy (non-hydrogen) atoms. The number of carbonyl (C=O) groups excluding carboxylic acids is 1. The van der Waals surface area contributed by atoms with Crippen LogP contribution in [0.25, 0.3) is 0 Å². The van der Waals surface area contributed by atoms with E-state index in [0.29, 0.717) is 23.2 Å². The molecule has 0 radical (unpaired) electrons. The molecule has 0 saturated carbocycles. The van der Waals surface area contributed by atoms with Crippen LogP contribution in [0.3, 0.4) is 0 Å². The van der Waals surface area contributed by atoms with Crippen molar-refractivity contribution in [1.29, 1.82) is 0 Å². The molecule has 1 aromatic rings. The smallest absolute Gasteiger partial charge is 0.273 e. The fraction of sp³-hybridized carbons (Fsp3) is 0.647. The number of β-amino-alcohol motifs (C(OH)–C–C–N with tert-alkyl or cyclic N) is 1. The van der Waals surface area contributed by atoms with Crippen LogP contribution in [0.2, 0.25) is 0 Å². The topological polar surface area (TPSA) is 83.5 Å². The van der Waals surface area contributed by atoms with Crippen LogP contribution < -0.4 is 15.4 Å². The summed E-state index contributed by atoms with van der Waals surface area (Å²) in [6, 6.07) is 0. The normalized spacial score (nSPS) is 13.2. The highest BCUT2D eigenvalue weighted by atomic mass is 32.1. The van der Waals surface area contributed by atoms with E-state index in [4.69, 9.17) is 4.74 Å². The van der Waals surface area contributed by atoms with Gasteiger partial charge < -0.3 is 20.5 Å². The van der Waals surface area contributed by atoms with Gasteiger partial charge in [0.05, 0.1) is 6.20 Å². The van der Waals surface area contributed by atoms with Gasteiger partial charge in [0.1, 0.15) is 17.6 Å². The molecule has 7 heteroatoms. The number of aromatic nitrogens is 1. The van der Waals surface area contributed by atoms with E-state index in [1.54, 1.807) is 0 Å². The first-order valence-corrected chi connectivity index (χ1v) is 9.08. The SMILES string of the molecule is CC/C=C\CCNC(=O)c1cnc(OCC(O)CNC(C)(C)C)s1. The minimum atomic E-state index is -0.629. The average molecular weight is 356 g/mol. The lowest BCUT2D eigenvalue weighted by atomic mass is 10.1. The van der Waals surface area contributed by atoms with Crippen molar-refractivity contribution in [3.8, 4) is 5.19 Å². The standard InChI is InChI=1S/C17H29N3O3S/c1-5-6-7-8-9-18-15(22)14-11-19-16(24-14)23-12-13(21)10-20-17(2,3)4/h6-7,11,13,20-21H,5,8-10,12H2,1-4H3,(H,18,22)/b7-6-. The number of allylic oxidation sites excluding steroid dienone is 1. The first kappa shape index (κ1) is 20.6. The highest BCUT2D eigenvalue weighted by molar-refractivity contribution is 7.15. The summed E-state index contributed by atoms with van der Waals surface area (Å²) >= 11 is 1.18. The van der Waals surface area contributed by atoms with Crippen LogP contribution in [0, 0.1) is 0 Å². The zero-order valence-corrected chi connectivity index (χ0v) is 15.8. The molecule has 0 spiro atoms. The van der Waals surface area contributed by atoms with Crippen LogP contribution in [0.5, 0.6) is 5.19 Å². The van der Waals surface area contributed by atoms with Gasteiger partial charge in [-0.2, -0.15) is 0 Å². The van der Waals surface area contributed by atoms with Crippen molar-refractivity contribution in [2.45, 2.75) is 52.2 Å². The third-order valence-electron chi connectivity index (χ3n) is 2.97. The zero-order valence-electron chi connectivity index (χ0n) is 15.0. The Morgan fingerprint density at radius 2 is 2.21 bits per heavy atom. The molecule has 1 amide bonds. The lowest BCUT2D eigenvalue weighted by Crippen LogP contribution is -2.42. The summed E-state index contributed by atoms with van der Waals surface area (Å²) in [5.74, 6) is -0.151. The van der Waals surface area contributed by atoms with Gasteiger partial charge in [-0.15, -0.1) is 0 Å². The number of aliphatic hydroxyl groups excluding tert-OH is 1. The number of carbonyl (C=O) groups is 1. The van der Waals surface area contributed by atoms with Crippen molar-refractivity contribution in [1.82, 2.24) is 15.6 Å². The van der Waals surface area contributed by atoms with E-state index in [0.717, 1.165) is 12.8 Å². The lowest BCUT2D eigenvalue weighted by molar-refractivity contribution is 0.0958. The molecule has 6 nitrogen and oxygen atoms in total. The van der Waals surface area contributed by atoms with Crippen molar-refractivity contribution in [2.24, 2.45) is 0 Å². The third-order valence-corrected chi connectivity index (χ3v) is 3.88. The van der Waals surface area contributed by atoms with Crippen LogP contribution in [-0.4, -0.2) is 47.3 Å². The lowest BCUT2D eigenvalue weighted by Gasteiger charge is -2.22. The minimum absolute atomic E-state index is 0.0558. The summed E-state index contributed by atoms with van der Waals surface area (Å²) in [5, 5.41) is 16.3. The van der Waals surface area contributed by atoms with Gasteiger partial charge in [0.15, 0.2) is 0 Å². The molecule has 1 heterocycles. The number of nitrogens with zero attached hydrogens (tertiary/aromatic N) is 1. The number of aliphatic hydroxyl groups is 1. The second kappa shape index (κ2) is 10.4. The Labute approximate surface area is 148 Å². The second-order valence-electron chi connectivity index (χ2n) is 6.51. The summed E-state index contributed by atoms with van der Waals surface area (Å²) in [5.41, 5.74) is -0.0558. The van der Waals surface area contributed by atoms with Gasteiger partial charge in [0.25, 0.3) is 11.1 Å². The fourth-order valence-electron chi connectivity index (χ4n) is 1.72. The zero-order chi connectivity index (χ0) is 18.0. The maximum absolute atomic E-state index is 12.0. The van der Waals surface area contributed by atoms with Gasteiger partial charge in [-0.25, -0.2) is 4.98 Å². The predicted molar refractivity (Wildman–Crippen MR) is 97.8 cm³/mol. The van der Waals surface area contributed by atoms with Crippen molar-refractivity contribution < 1.29 is 14.6 Å². The molecule has 0 fully saturated rings. The molecule has 0 aliphatic rings. The highest BCUT2D eigenvalue weighted by Crippen LogP contribution is 2.20. The molecule has 0 aromatic carbocycles. The van der Waals surface area contributed by atoms with Gasteiger partial charge in [-0.3, -0.25) is 4.79 Å². The molecule has 0 aliphatic heterocycles. The maximum atomic E-state index is 12.0. The first-order valence-electron chi connectivity index (χ1n) is 8.26. The van der Waals surface area contributed by atoms with Crippen molar-refractivity contribution in [2.75, 3.05) is 19.7 Å². The number of nitrogens with one attached hydrogen (secondary N) is 2. The largest absolute Gasteiger partial charge is 0.467 e. The Morgan fingerprint density at radius 3 is 2.88 bits per heavy atom. The molecule has 1 aromatic heterocycles. The molecule has 1 atom stereocenters. The van der Waals surface area contributed by atoms with Gasteiger partial charge >= 0.3 is 0 Å².